The van der Waals surface area contributed by atoms with Crippen molar-refractivity contribution in [3.8, 4) is 0 Å². The first-order valence-corrected chi connectivity index (χ1v) is 11.2. The largest absolute Gasteiger partial charge is 0.396 e. The van der Waals surface area contributed by atoms with Gasteiger partial charge in [0.15, 0.2) is 0 Å². The van der Waals surface area contributed by atoms with Crippen LogP contribution in [-0.4, -0.2) is 17.6 Å². The molecule has 26 heavy (non-hydrogen) atoms. The molecule has 0 aromatic rings. The molecule has 0 aliphatic carbocycles. The molecular weight excluding hydrogens is 322 g/mol. The molecule has 0 aliphatic heterocycles. The van der Waals surface area contributed by atoms with Crippen LogP contribution in [0.1, 0.15) is 110 Å². The van der Waals surface area contributed by atoms with Crippen LogP contribution < -0.4 is 5.73 Å². The van der Waals surface area contributed by atoms with Gasteiger partial charge >= 0.3 is 0 Å². The number of rotatable bonds is 19. The highest BCUT2D eigenvalue weighted by Crippen LogP contribution is 2.19. The Labute approximate surface area is 162 Å². The number of carbonyl (C=O) groups is 1. The molecule has 0 rings (SSSR count). The number of primary amides is 1. The Morgan fingerprint density at radius 1 is 0.846 bits per heavy atom. The summed E-state index contributed by atoms with van der Waals surface area (Å²) in [6.07, 6.45) is 23.6. The van der Waals surface area contributed by atoms with Gasteiger partial charge in [0, 0.05) is 12.5 Å². The molecule has 0 aromatic carbocycles. The Kier molecular flexibility index (Phi) is 18.3. The van der Waals surface area contributed by atoms with Crippen LogP contribution in [0, 0.1) is 11.8 Å². The van der Waals surface area contributed by atoms with Crippen molar-refractivity contribution >= 4 is 5.91 Å². The molecule has 0 spiro atoms. The van der Waals surface area contributed by atoms with Gasteiger partial charge in [-0.25, -0.2) is 0 Å². The average Bonchev–Trinajstić information content (AvgIpc) is 2.63. The van der Waals surface area contributed by atoms with Crippen LogP contribution in [0.3, 0.4) is 0 Å². The van der Waals surface area contributed by atoms with Crippen molar-refractivity contribution in [2.75, 3.05) is 6.61 Å². The topological polar surface area (TPSA) is 63.3 Å². The molecule has 0 heterocycles. The number of unbranched alkanes of at least 4 members (excludes halogenated alkanes) is 12. The summed E-state index contributed by atoms with van der Waals surface area (Å²) in [5.74, 6) is -0.452. The lowest BCUT2D eigenvalue weighted by Gasteiger charge is -2.18. The summed E-state index contributed by atoms with van der Waals surface area (Å²) in [4.78, 5) is 11.4. The number of carbonyl (C=O) groups excluding carboxylic acids is 1. The van der Waals surface area contributed by atoms with Crippen LogP contribution in [0.4, 0.5) is 0 Å². The second kappa shape index (κ2) is 18.9. The van der Waals surface area contributed by atoms with Gasteiger partial charge in [0.05, 0.1) is 0 Å². The summed E-state index contributed by atoms with van der Waals surface area (Å²) < 4.78 is 0. The molecule has 0 aromatic heterocycles. The highest BCUT2D eigenvalue weighted by atomic mass is 16.3. The maximum absolute atomic E-state index is 11.4. The molecule has 0 radical (unpaired) electrons. The zero-order chi connectivity index (χ0) is 19.5. The summed E-state index contributed by atoms with van der Waals surface area (Å²) in [5.41, 5.74) is 5.42. The van der Waals surface area contributed by atoms with Gasteiger partial charge in [0.25, 0.3) is 0 Å². The molecule has 0 fully saturated rings. The number of hydrogen-bond donors (Lipinski definition) is 2. The fraction of sp³-hybridized carbons (Fsp3) is 0.870. The maximum Gasteiger partial charge on any atom is 0.220 e. The fourth-order valence-electron chi connectivity index (χ4n) is 3.45. The number of aliphatic hydroxyl groups excluding tert-OH is 1. The highest BCUT2D eigenvalue weighted by Gasteiger charge is 2.21. The maximum atomic E-state index is 11.4. The quantitative estimate of drug-likeness (QED) is 0.213. The molecule has 154 valence electrons. The number of allylic oxidation sites excluding steroid dienone is 2. The van der Waals surface area contributed by atoms with Crippen molar-refractivity contribution in [1.29, 1.82) is 0 Å². The third kappa shape index (κ3) is 15.4. The third-order valence-corrected chi connectivity index (χ3v) is 5.37. The Hall–Kier alpha value is -0.830. The van der Waals surface area contributed by atoms with Gasteiger partial charge in [0.1, 0.15) is 0 Å². The van der Waals surface area contributed by atoms with Crippen LogP contribution in [0.2, 0.25) is 0 Å². The van der Waals surface area contributed by atoms with E-state index in [1.165, 1.54) is 77.0 Å². The molecule has 0 bridgehead atoms. The smallest absolute Gasteiger partial charge is 0.220 e. The van der Waals surface area contributed by atoms with Crippen LogP contribution in [0.25, 0.3) is 0 Å². The van der Waals surface area contributed by atoms with Crippen molar-refractivity contribution < 1.29 is 9.90 Å². The molecule has 2 atom stereocenters. The van der Waals surface area contributed by atoms with Gasteiger partial charge in [-0.05, 0) is 38.0 Å². The van der Waals surface area contributed by atoms with E-state index in [1.54, 1.807) is 0 Å². The first-order valence-electron chi connectivity index (χ1n) is 11.2. The predicted molar refractivity (Wildman–Crippen MR) is 113 cm³/mol. The molecule has 0 aliphatic rings. The Morgan fingerprint density at radius 2 is 1.31 bits per heavy atom. The van der Waals surface area contributed by atoms with E-state index in [-0.39, 0.29) is 24.3 Å². The minimum absolute atomic E-state index is 0.0179. The van der Waals surface area contributed by atoms with Crippen molar-refractivity contribution in [3.63, 3.8) is 0 Å². The van der Waals surface area contributed by atoms with E-state index >= 15 is 0 Å². The van der Waals surface area contributed by atoms with Crippen molar-refractivity contribution in [3.05, 3.63) is 12.2 Å². The zero-order valence-corrected chi connectivity index (χ0v) is 17.6. The monoisotopic (exact) mass is 367 g/mol. The molecular formula is C23H45NO2. The van der Waals surface area contributed by atoms with E-state index in [1.807, 2.05) is 6.92 Å². The van der Waals surface area contributed by atoms with Crippen LogP contribution in [0.5, 0.6) is 0 Å². The zero-order valence-electron chi connectivity index (χ0n) is 17.6. The molecule has 0 saturated carbocycles. The Morgan fingerprint density at radius 3 is 1.77 bits per heavy atom. The standard InChI is InChI=1S/C23H45NO2/c1-3-4-5-6-7-8-9-10-11-12-13-14-15-16-17-18-19-22(23(24)26)21(2)20-25/h10-11,21-22,25H,3-9,12-20H2,1-2H3,(H2,24,26). The van der Waals surface area contributed by atoms with Gasteiger partial charge in [-0.2, -0.15) is 0 Å². The normalized spacial score (nSPS) is 14.0. The lowest BCUT2D eigenvalue weighted by atomic mass is 9.89. The summed E-state index contributed by atoms with van der Waals surface area (Å²) in [7, 11) is 0. The van der Waals surface area contributed by atoms with Gasteiger partial charge in [-0.3, -0.25) is 4.79 Å². The molecule has 3 N–H and O–H groups in total. The first-order chi connectivity index (χ1) is 12.6. The second-order valence-electron chi connectivity index (χ2n) is 7.90. The van der Waals surface area contributed by atoms with Crippen LogP contribution in [-0.2, 0) is 4.79 Å². The van der Waals surface area contributed by atoms with Crippen molar-refractivity contribution in [2.24, 2.45) is 17.6 Å². The van der Waals surface area contributed by atoms with Crippen molar-refractivity contribution in [1.82, 2.24) is 0 Å². The van der Waals surface area contributed by atoms with Crippen LogP contribution in [0.15, 0.2) is 12.2 Å². The number of hydrogen-bond acceptors (Lipinski definition) is 2. The minimum atomic E-state index is -0.265. The average molecular weight is 368 g/mol. The van der Waals surface area contributed by atoms with E-state index in [0.717, 1.165) is 19.3 Å². The van der Waals surface area contributed by atoms with E-state index in [4.69, 9.17) is 5.73 Å². The SMILES string of the molecule is CCCCCCCCC=CCCCCCCCCC(C(N)=O)C(C)CO. The lowest BCUT2D eigenvalue weighted by molar-refractivity contribution is -0.124. The third-order valence-electron chi connectivity index (χ3n) is 5.37. The molecule has 2 unspecified atom stereocenters. The van der Waals surface area contributed by atoms with Gasteiger partial charge in [-0.1, -0.05) is 90.2 Å². The van der Waals surface area contributed by atoms with E-state index in [2.05, 4.69) is 19.1 Å². The van der Waals surface area contributed by atoms with E-state index in [9.17, 15) is 9.90 Å². The van der Waals surface area contributed by atoms with Gasteiger partial charge < -0.3 is 10.8 Å². The minimum Gasteiger partial charge on any atom is -0.396 e. The van der Waals surface area contributed by atoms with Gasteiger partial charge in [-0.15, -0.1) is 0 Å². The summed E-state index contributed by atoms with van der Waals surface area (Å²) in [6.45, 7) is 4.21. The molecule has 3 nitrogen and oxygen atoms in total. The predicted octanol–water partition coefficient (Wildman–Crippen LogP) is 6.14. The lowest BCUT2D eigenvalue weighted by Crippen LogP contribution is -2.30. The number of nitrogens with two attached hydrogens (primary N) is 1. The van der Waals surface area contributed by atoms with Crippen molar-refractivity contribution in [2.45, 2.75) is 110 Å². The Balaban J connectivity index is 3.38. The first kappa shape index (κ1) is 25.2. The van der Waals surface area contributed by atoms with Crippen LogP contribution >= 0.6 is 0 Å². The van der Waals surface area contributed by atoms with Gasteiger partial charge in [0.2, 0.25) is 5.91 Å². The molecule has 1 amide bonds. The van der Waals surface area contributed by atoms with E-state index in [0.29, 0.717) is 0 Å². The van der Waals surface area contributed by atoms with E-state index < -0.39 is 0 Å². The summed E-state index contributed by atoms with van der Waals surface area (Å²) in [5, 5.41) is 9.18. The number of amides is 1. The molecule has 3 heteroatoms. The highest BCUT2D eigenvalue weighted by molar-refractivity contribution is 5.76. The fourth-order valence-corrected chi connectivity index (χ4v) is 3.45. The summed E-state index contributed by atoms with van der Waals surface area (Å²) >= 11 is 0. The summed E-state index contributed by atoms with van der Waals surface area (Å²) in [6, 6.07) is 0. The Bertz CT molecular complexity index is 341. The molecule has 0 saturated heterocycles. The number of aliphatic hydroxyl groups is 1. The second-order valence-corrected chi connectivity index (χ2v) is 7.90.